The van der Waals surface area contributed by atoms with E-state index in [1.165, 1.54) is 41.4 Å². The maximum atomic E-state index is 14.1. The van der Waals surface area contributed by atoms with Crippen LogP contribution in [0.15, 0.2) is 71.8 Å². The van der Waals surface area contributed by atoms with Crippen LogP contribution in [0.4, 0.5) is 20.7 Å². The van der Waals surface area contributed by atoms with E-state index in [9.17, 15) is 17.6 Å². The van der Waals surface area contributed by atoms with Crippen LogP contribution in [0.3, 0.4) is 0 Å². The predicted octanol–water partition coefficient (Wildman–Crippen LogP) is 3.99. The Hall–Kier alpha value is -3.26. The number of pyridine rings is 1. The Bertz CT molecular complexity index is 1180. The first-order chi connectivity index (χ1) is 13.4. The zero-order valence-electron chi connectivity index (χ0n) is 14.9. The molecule has 0 fully saturated rings. The Morgan fingerprint density at radius 1 is 1.04 bits per heavy atom. The van der Waals surface area contributed by atoms with E-state index in [1.807, 2.05) is 13.0 Å². The Morgan fingerprint density at radius 2 is 1.82 bits per heavy atom. The van der Waals surface area contributed by atoms with Crippen molar-refractivity contribution in [1.82, 2.24) is 9.29 Å². The lowest BCUT2D eigenvalue weighted by Gasteiger charge is -2.35. The van der Waals surface area contributed by atoms with Crippen molar-refractivity contribution in [3.8, 4) is 0 Å². The van der Waals surface area contributed by atoms with Crippen LogP contribution in [0.5, 0.6) is 0 Å². The van der Waals surface area contributed by atoms with Crippen molar-refractivity contribution >= 4 is 27.6 Å². The highest BCUT2D eigenvalue weighted by Gasteiger charge is 2.43. The molecular weight excluding hydrogens is 381 g/mol. The number of halogens is 1. The van der Waals surface area contributed by atoms with Gasteiger partial charge < -0.3 is 0 Å². The SMILES string of the molecule is Cc1cccc(N2C(=O)N(Cc3ccccc3F)S(=O)(=O)c3cccnc32)c1. The highest BCUT2D eigenvalue weighted by atomic mass is 32.2. The Labute approximate surface area is 161 Å². The minimum Gasteiger partial charge on any atom is -0.246 e. The third-order valence-corrected chi connectivity index (χ3v) is 6.21. The first kappa shape index (κ1) is 18.1. The molecule has 0 radical (unpaired) electrons. The number of aryl methyl sites for hydroxylation is 1. The zero-order valence-corrected chi connectivity index (χ0v) is 15.7. The van der Waals surface area contributed by atoms with E-state index >= 15 is 0 Å². The molecule has 0 unspecified atom stereocenters. The van der Waals surface area contributed by atoms with Crippen molar-refractivity contribution < 1.29 is 17.6 Å². The van der Waals surface area contributed by atoms with Gasteiger partial charge >= 0.3 is 6.03 Å². The molecule has 1 aromatic heterocycles. The fraction of sp³-hybridized carbons (Fsp3) is 0.100. The van der Waals surface area contributed by atoms with Gasteiger partial charge in [-0.1, -0.05) is 30.3 Å². The van der Waals surface area contributed by atoms with Gasteiger partial charge in [-0.3, -0.25) is 0 Å². The Balaban J connectivity index is 1.89. The van der Waals surface area contributed by atoms with E-state index in [2.05, 4.69) is 4.98 Å². The van der Waals surface area contributed by atoms with E-state index in [1.54, 1.807) is 24.3 Å². The molecule has 0 bridgehead atoms. The zero-order chi connectivity index (χ0) is 19.9. The fourth-order valence-corrected chi connectivity index (χ4v) is 4.57. The highest BCUT2D eigenvalue weighted by molar-refractivity contribution is 7.90. The number of fused-ring (bicyclic) bond motifs is 1. The van der Waals surface area contributed by atoms with Crippen LogP contribution in [-0.4, -0.2) is 23.7 Å². The van der Waals surface area contributed by atoms with Crippen molar-refractivity contribution in [3.05, 3.63) is 83.8 Å². The Morgan fingerprint density at radius 3 is 2.57 bits per heavy atom. The fourth-order valence-electron chi connectivity index (χ4n) is 3.11. The van der Waals surface area contributed by atoms with E-state index < -0.39 is 28.4 Å². The third kappa shape index (κ3) is 2.91. The molecule has 2 amide bonds. The Kier molecular flexibility index (Phi) is 4.35. The number of carbonyl (C=O) groups is 1. The lowest BCUT2D eigenvalue weighted by atomic mass is 10.2. The molecule has 0 aliphatic carbocycles. The van der Waals surface area contributed by atoms with Gasteiger partial charge in [-0.25, -0.2) is 31.8 Å². The van der Waals surface area contributed by atoms with Crippen LogP contribution in [-0.2, 0) is 16.6 Å². The molecule has 142 valence electrons. The molecule has 3 aromatic rings. The second-order valence-electron chi connectivity index (χ2n) is 6.39. The molecule has 0 saturated carbocycles. The van der Waals surface area contributed by atoms with Gasteiger partial charge in [0, 0.05) is 11.8 Å². The molecule has 0 spiro atoms. The quantitative estimate of drug-likeness (QED) is 0.670. The van der Waals surface area contributed by atoms with Crippen LogP contribution in [0.2, 0.25) is 0 Å². The molecule has 4 rings (SSSR count). The van der Waals surface area contributed by atoms with Gasteiger partial charge in [0.25, 0.3) is 10.0 Å². The minimum atomic E-state index is -4.19. The number of urea groups is 1. The number of nitrogens with zero attached hydrogens (tertiary/aromatic N) is 3. The molecular formula is C20H16FN3O3S. The van der Waals surface area contributed by atoms with E-state index in [0.717, 1.165) is 5.56 Å². The maximum Gasteiger partial charge on any atom is 0.344 e. The van der Waals surface area contributed by atoms with Gasteiger partial charge in [0.1, 0.15) is 10.7 Å². The molecule has 1 aliphatic heterocycles. The maximum absolute atomic E-state index is 14.1. The number of aromatic nitrogens is 1. The number of hydrogen-bond acceptors (Lipinski definition) is 4. The van der Waals surface area contributed by atoms with Gasteiger partial charge in [-0.05, 0) is 42.8 Å². The van der Waals surface area contributed by atoms with Crippen LogP contribution in [0.1, 0.15) is 11.1 Å². The molecule has 0 saturated heterocycles. The lowest BCUT2D eigenvalue weighted by molar-refractivity contribution is 0.228. The second-order valence-corrected chi connectivity index (χ2v) is 8.22. The summed E-state index contributed by atoms with van der Waals surface area (Å²) in [5, 5.41) is 0. The van der Waals surface area contributed by atoms with Crippen molar-refractivity contribution in [1.29, 1.82) is 0 Å². The van der Waals surface area contributed by atoms with Crippen LogP contribution < -0.4 is 4.90 Å². The van der Waals surface area contributed by atoms with Crippen molar-refractivity contribution in [2.75, 3.05) is 4.90 Å². The number of benzene rings is 2. The first-order valence-electron chi connectivity index (χ1n) is 8.51. The molecule has 2 aromatic carbocycles. The first-order valence-corrected chi connectivity index (χ1v) is 9.95. The summed E-state index contributed by atoms with van der Waals surface area (Å²) in [4.78, 5) is 18.5. The van der Waals surface area contributed by atoms with E-state index in [4.69, 9.17) is 0 Å². The van der Waals surface area contributed by atoms with Crippen LogP contribution >= 0.6 is 0 Å². The van der Waals surface area contributed by atoms with Crippen LogP contribution in [0, 0.1) is 12.7 Å². The number of hydrogen-bond donors (Lipinski definition) is 0. The van der Waals surface area contributed by atoms with E-state index in [-0.39, 0.29) is 16.3 Å². The van der Waals surface area contributed by atoms with E-state index in [0.29, 0.717) is 9.99 Å². The van der Waals surface area contributed by atoms with Crippen LogP contribution in [0.25, 0.3) is 0 Å². The normalized spacial score (nSPS) is 15.4. The van der Waals surface area contributed by atoms with Crippen molar-refractivity contribution in [3.63, 3.8) is 0 Å². The molecule has 0 atom stereocenters. The van der Waals surface area contributed by atoms with Crippen molar-refractivity contribution in [2.24, 2.45) is 0 Å². The summed E-state index contributed by atoms with van der Waals surface area (Å²) < 4.78 is 41.0. The standard InChI is InChI=1S/C20H16FN3O3S/c1-14-6-4-8-16(12-14)24-19-18(10-5-11-22-19)28(26,27)23(20(24)25)13-15-7-2-3-9-17(15)21/h2-12H,13H2,1H3. The summed E-state index contributed by atoms with van der Waals surface area (Å²) in [5.74, 6) is -0.549. The number of amides is 2. The summed E-state index contributed by atoms with van der Waals surface area (Å²) in [6, 6.07) is 14.9. The summed E-state index contributed by atoms with van der Waals surface area (Å²) in [7, 11) is -4.19. The van der Waals surface area contributed by atoms with Gasteiger partial charge in [0.2, 0.25) is 0 Å². The van der Waals surface area contributed by atoms with Gasteiger partial charge in [-0.15, -0.1) is 0 Å². The number of rotatable bonds is 3. The molecule has 1 aliphatic rings. The minimum absolute atomic E-state index is 0.0304. The summed E-state index contributed by atoms with van der Waals surface area (Å²) in [6.45, 7) is 1.45. The molecule has 0 N–H and O–H groups in total. The predicted molar refractivity (Wildman–Crippen MR) is 102 cm³/mol. The molecule has 6 nitrogen and oxygen atoms in total. The molecule has 8 heteroatoms. The van der Waals surface area contributed by atoms with Gasteiger partial charge in [0.15, 0.2) is 5.82 Å². The summed E-state index contributed by atoms with van der Waals surface area (Å²) in [5.41, 5.74) is 1.49. The number of carbonyl (C=O) groups excluding carboxylic acids is 1. The summed E-state index contributed by atoms with van der Waals surface area (Å²) >= 11 is 0. The third-order valence-electron chi connectivity index (χ3n) is 4.47. The second kappa shape index (κ2) is 6.72. The highest BCUT2D eigenvalue weighted by Crippen LogP contribution is 2.38. The largest absolute Gasteiger partial charge is 0.344 e. The smallest absolute Gasteiger partial charge is 0.246 e. The average molecular weight is 397 g/mol. The van der Waals surface area contributed by atoms with Crippen molar-refractivity contribution in [2.45, 2.75) is 18.4 Å². The van der Waals surface area contributed by atoms with Gasteiger partial charge in [0.05, 0.1) is 12.2 Å². The molecule has 2 heterocycles. The summed E-state index contributed by atoms with van der Waals surface area (Å²) in [6.07, 6.45) is 1.43. The monoisotopic (exact) mass is 397 g/mol. The van der Waals surface area contributed by atoms with Gasteiger partial charge in [-0.2, -0.15) is 0 Å². The number of anilines is 2. The molecule has 28 heavy (non-hydrogen) atoms. The topological polar surface area (TPSA) is 70.6 Å². The lowest BCUT2D eigenvalue weighted by Crippen LogP contribution is -2.48. The average Bonchev–Trinajstić information content (AvgIpc) is 2.67. The number of sulfonamides is 1.